The summed E-state index contributed by atoms with van der Waals surface area (Å²) in [6.45, 7) is 0.702. The lowest BCUT2D eigenvalue weighted by Gasteiger charge is -2.39. The van der Waals surface area contributed by atoms with Gasteiger partial charge < -0.3 is 69.3 Å². The van der Waals surface area contributed by atoms with E-state index in [0.29, 0.717) is 0 Å². The van der Waals surface area contributed by atoms with Crippen molar-refractivity contribution in [1.82, 2.24) is 0 Å². The van der Waals surface area contributed by atoms with Crippen LogP contribution in [0.4, 0.5) is 0 Å². The summed E-state index contributed by atoms with van der Waals surface area (Å²) in [6.07, 6.45) is -15.5. The van der Waals surface area contributed by atoms with Gasteiger partial charge in [0.25, 0.3) is 0 Å². The van der Waals surface area contributed by atoms with Gasteiger partial charge in [0, 0.05) is 17.7 Å². The Morgan fingerprint density at radius 2 is 1.40 bits per heavy atom. The van der Waals surface area contributed by atoms with Gasteiger partial charge in [0.1, 0.15) is 70.9 Å². The predicted octanol–water partition coefficient (Wildman–Crippen LogP) is -1.74. The number of aliphatic hydroxyl groups is 7. The van der Waals surface area contributed by atoms with Crippen molar-refractivity contribution in [1.29, 1.82) is 0 Å². The molecule has 0 saturated carbocycles. The topological polar surface area (TPSA) is 249 Å². The zero-order chi connectivity index (χ0) is 30.5. The lowest BCUT2D eigenvalue weighted by molar-refractivity contribution is -0.277. The van der Waals surface area contributed by atoms with E-state index in [-0.39, 0.29) is 28.4 Å². The summed E-state index contributed by atoms with van der Waals surface area (Å²) in [5.74, 6) is -1.77. The lowest BCUT2D eigenvalue weighted by Crippen LogP contribution is -2.60. The molecule has 3 heterocycles. The summed E-state index contributed by atoms with van der Waals surface area (Å²) in [4.78, 5) is 13.7. The van der Waals surface area contributed by atoms with Crippen molar-refractivity contribution in [3.8, 4) is 34.3 Å². The Labute approximate surface area is 236 Å². The molecular formula is C27H30O15. The minimum atomic E-state index is -1.87. The molecule has 10 atom stereocenters. The highest BCUT2D eigenvalue weighted by Crippen LogP contribution is 2.38. The van der Waals surface area contributed by atoms with Gasteiger partial charge in [-0.3, -0.25) is 4.79 Å². The largest absolute Gasteiger partial charge is 0.508 e. The molecule has 9 N–H and O–H groups in total. The molecule has 15 nitrogen and oxygen atoms in total. The summed E-state index contributed by atoms with van der Waals surface area (Å²) >= 11 is 0. The van der Waals surface area contributed by atoms with Crippen LogP contribution in [-0.4, -0.2) is 114 Å². The molecule has 0 spiro atoms. The first-order valence-electron chi connectivity index (χ1n) is 12.9. The number of rotatable bonds is 6. The van der Waals surface area contributed by atoms with Gasteiger partial charge in [0.05, 0.1) is 12.7 Å². The Hall–Kier alpha value is -3.51. The van der Waals surface area contributed by atoms with E-state index in [1.165, 1.54) is 37.3 Å². The minimum absolute atomic E-state index is 0.112. The average Bonchev–Trinajstić information content (AvgIpc) is 2.96. The Morgan fingerprint density at radius 3 is 2.05 bits per heavy atom. The fraction of sp³-hybridized carbons (Fsp3) is 0.444. The van der Waals surface area contributed by atoms with Gasteiger partial charge in [-0.05, 0) is 31.2 Å². The van der Waals surface area contributed by atoms with Crippen molar-refractivity contribution in [2.45, 2.75) is 68.3 Å². The molecule has 5 rings (SSSR count). The highest BCUT2D eigenvalue weighted by molar-refractivity contribution is 5.88. The molecule has 2 saturated heterocycles. The maximum atomic E-state index is 13.7. The third-order valence-corrected chi connectivity index (χ3v) is 7.18. The molecule has 2 aliphatic heterocycles. The van der Waals surface area contributed by atoms with Crippen molar-refractivity contribution in [3.63, 3.8) is 0 Å². The maximum Gasteiger partial charge on any atom is 0.239 e. The first-order chi connectivity index (χ1) is 19.9. The van der Waals surface area contributed by atoms with Crippen molar-refractivity contribution in [2.75, 3.05) is 6.61 Å². The number of hydrogen-bond acceptors (Lipinski definition) is 15. The van der Waals surface area contributed by atoms with E-state index < -0.39 is 90.3 Å². The Kier molecular flexibility index (Phi) is 8.30. The van der Waals surface area contributed by atoms with Crippen molar-refractivity contribution in [3.05, 3.63) is 46.6 Å². The van der Waals surface area contributed by atoms with E-state index in [1.54, 1.807) is 0 Å². The number of phenols is 2. The summed E-state index contributed by atoms with van der Waals surface area (Å²) in [7, 11) is 0. The van der Waals surface area contributed by atoms with Crippen LogP contribution in [0.3, 0.4) is 0 Å². The number of benzene rings is 2. The standard InChI is InChI=1S/C27H30O15/c1-9-17(31)20(34)22(36)26(38-9)39-12-6-13(30)16-14(7-12)40-24(10-2-4-11(29)5-3-10)25(19(16)33)42-27-23(37)21(35)18(32)15(8-28)41-27/h2-7,9,15,17-18,20-23,26-32,34-37H,8H2,1H3/t9-,15-,17-,18-,20+,21+,22+,23-,26-,27+/m1/s1. The molecule has 0 bridgehead atoms. The third-order valence-electron chi connectivity index (χ3n) is 7.18. The first kappa shape index (κ1) is 30.0. The van der Waals surface area contributed by atoms with Crippen LogP contribution < -0.4 is 14.9 Å². The van der Waals surface area contributed by atoms with Gasteiger partial charge >= 0.3 is 0 Å². The van der Waals surface area contributed by atoms with Crippen LogP contribution in [0.2, 0.25) is 0 Å². The molecule has 42 heavy (non-hydrogen) atoms. The molecule has 2 aliphatic rings. The van der Waals surface area contributed by atoms with Crippen LogP contribution >= 0.6 is 0 Å². The van der Waals surface area contributed by atoms with Gasteiger partial charge in [0.2, 0.25) is 23.8 Å². The maximum absolute atomic E-state index is 13.7. The van der Waals surface area contributed by atoms with Gasteiger partial charge in [-0.1, -0.05) is 0 Å². The quantitative estimate of drug-likeness (QED) is 0.154. The van der Waals surface area contributed by atoms with Gasteiger partial charge in [-0.25, -0.2) is 0 Å². The summed E-state index contributed by atoms with van der Waals surface area (Å²) in [5.41, 5.74) is -1.01. The normalized spacial score (nSPS) is 33.4. The minimum Gasteiger partial charge on any atom is -0.508 e. The van der Waals surface area contributed by atoms with E-state index in [9.17, 15) is 50.8 Å². The van der Waals surface area contributed by atoms with E-state index in [4.69, 9.17) is 23.4 Å². The van der Waals surface area contributed by atoms with Crippen LogP contribution in [0.25, 0.3) is 22.3 Å². The van der Waals surface area contributed by atoms with Crippen LogP contribution in [0.15, 0.2) is 45.6 Å². The fourth-order valence-electron chi connectivity index (χ4n) is 4.76. The van der Waals surface area contributed by atoms with Crippen LogP contribution in [0.1, 0.15) is 6.92 Å². The second-order valence-electron chi connectivity index (χ2n) is 10.1. The Morgan fingerprint density at radius 1 is 0.786 bits per heavy atom. The molecule has 0 unspecified atom stereocenters. The molecule has 228 valence electrons. The van der Waals surface area contributed by atoms with Gasteiger partial charge in [-0.2, -0.15) is 0 Å². The number of ether oxygens (including phenoxy) is 4. The second kappa shape index (κ2) is 11.6. The van der Waals surface area contributed by atoms with Gasteiger partial charge in [-0.15, -0.1) is 0 Å². The first-order valence-corrected chi connectivity index (χ1v) is 12.9. The number of hydrogen-bond donors (Lipinski definition) is 9. The molecule has 3 aromatic rings. The van der Waals surface area contributed by atoms with E-state index in [1.807, 2.05) is 0 Å². The molecule has 2 fully saturated rings. The van der Waals surface area contributed by atoms with Crippen LogP contribution in [0, 0.1) is 0 Å². The smallest absolute Gasteiger partial charge is 0.239 e. The van der Waals surface area contributed by atoms with E-state index >= 15 is 0 Å². The van der Waals surface area contributed by atoms with E-state index in [0.717, 1.165) is 6.07 Å². The van der Waals surface area contributed by atoms with E-state index in [2.05, 4.69) is 0 Å². The molecular weight excluding hydrogens is 564 g/mol. The molecule has 1 aromatic heterocycles. The Bertz CT molecular complexity index is 1470. The zero-order valence-electron chi connectivity index (χ0n) is 21.9. The molecule has 0 radical (unpaired) electrons. The van der Waals surface area contributed by atoms with Crippen molar-refractivity contribution >= 4 is 11.0 Å². The second-order valence-corrected chi connectivity index (χ2v) is 10.1. The number of fused-ring (bicyclic) bond motifs is 1. The molecule has 15 heteroatoms. The number of aromatic hydroxyl groups is 2. The molecule has 0 aliphatic carbocycles. The van der Waals surface area contributed by atoms with Crippen molar-refractivity contribution in [2.24, 2.45) is 0 Å². The summed E-state index contributed by atoms with van der Waals surface area (Å²) < 4.78 is 28.0. The van der Waals surface area contributed by atoms with Crippen LogP contribution in [-0.2, 0) is 9.47 Å². The summed E-state index contributed by atoms with van der Waals surface area (Å²) in [5, 5.41) is 90.7. The highest BCUT2D eigenvalue weighted by Gasteiger charge is 2.46. The number of aliphatic hydroxyl groups excluding tert-OH is 7. The fourth-order valence-corrected chi connectivity index (χ4v) is 4.76. The lowest BCUT2D eigenvalue weighted by atomic mass is 9.99. The van der Waals surface area contributed by atoms with Crippen molar-refractivity contribution < 1.29 is 69.3 Å². The third kappa shape index (κ3) is 5.37. The Balaban J connectivity index is 1.58. The summed E-state index contributed by atoms with van der Waals surface area (Å²) in [6, 6.07) is 7.53. The average molecular weight is 595 g/mol. The highest BCUT2D eigenvalue weighted by atomic mass is 16.7. The predicted molar refractivity (Wildman–Crippen MR) is 139 cm³/mol. The SMILES string of the molecule is C[C@H]1O[C@H](Oc2cc(O)c3c(=O)c(O[C@@H]4O[C@H](CO)[C@@H](O)[C@H](O)[C@H]4O)c(-c4ccc(O)cc4)oc3c2)[C@@H](O)[C@@H](O)[C@@H]1O. The zero-order valence-corrected chi connectivity index (χ0v) is 21.9. The molecule has 2 aromatic carbocycles. The molecule has 0 amide bonds. The van der Waals surface area contributed by atoms with Crippen LogP contribution in [0.5, 0.6) is 23.0 Å². The monoisotopic (exact) mass is 594 g/mol. The number of phenolic OH excluding ortho intramolecular Hbond substituents is 2. The van der Waals surface area contributed by atoms with Gasteiger partial charge in [0.15, 0.2) is 5.76 Å².